The molecule has 0 aliphatic carbocycles. The molecule has 1 atom stereocenters. The molecule has 0 aromatic rings. The van der Waals surface area contributed by atoms with Crippen molar-refractivity contribution in [2.45, 2.75) is 38.7 Å². The molecule has 4 nitrogen and oxygen atoms in total. The van der Waals surface area contributed by atoms with Crippen LogP contribution >= 0.6 is 0 Å². The molecule has 1 unspecified atom stereocenters. The Morgan fingerprint density at radius 1 is 1.36 bits per heavy atom. The minimum atomic E-state index is -0.151. The Balaban J connectivity index is 3.35. The van der Waals surface area contributed by atoms with Gasteiger partial charge in [-0.3, -0.25) is 4.79 Å². The van der Waals surface area contributed by atoms with Crippen molar-refractivity contribution < 1.29 is 14.3 Å². The lowest BCUT2D eigenvalue weighted by atomic mass is 10.2. The van der Waals surface area contributed by atoms with Crippen molar-refractivity contribution in [1.82, 2.24) is 0 Å². The van der Waals surface area contributed by atoms with Crippen molar-refractivity contribution >= 4 is 5.97 Å². The van der Waals surface area contributed by atoms with Crippen LogP contribution in [0.3, 0.4) is 0 Å². The van der Waals surface area contributed by atoms with Gasteiger partial charge in [-0.05, 0) is 26.3 Å². The van der Waals surface area contributed by atoms with E-state index in [1.165, 1.54) is 0 Å². The van der Waals surface area contributed by atoms with Crippen LogP contribution in [0.25, 0.3) is 0 Å². The number of ether oxygens (including phenoxy) is 2. The Labute approximate surface area is 85.8 Å². The summed E-state index contributed by atoms with van der Waals surface area (Å²) in [5, 5.41) is 0. The summed E-state index contributed by atoms with van der Waals surface area (Å²) in [5.74, 6) is -0.147. The third kappa shape index (κ3) is 8.01. The number of unbranched alkanes of at least 4 members (excludes halogenated alkanes) is 2. The lowest BCUT2D eigenvalue weighted by molar-refractivity contribution is -0.150. The molecule has 4 heteroatoms. The molecular formula is C10H21NO3. The molecule has 0 rings (SSSR count). The predicted octanol–water partition coefficient (Wildman–Crippen LogP) is 1.08. The average Bonchev–Trinajstić information content (AvgIpc) is 2.13. The first-order chi connectivity index (χ1) is 6.70. The Morgan fingerprint density at radius 3 is 2.64 bits per heavy atom. The predicted molar refractivity (Wildman–Crippen MR) is 55.0 cm³/mol. The van der Waals surface area contributed by atoms with E-state index in [0.717, 1.165) is 19.3 Å². The molecule has 0 aromatic heterocycles. The van der Waals surface area contributed by atoms with Crippen molar-refractivity contribution in [3.63, 3.8) is 0 Å². The van der Waals surface area contributed by atoms with Crippen LogP contribution < -0.4 is 5.73 Å². The van der Waals surface area contributed by atoms with Gasteiger partial charge in [0.15, 0.2) is 0 Å². The van der Waals surface area contributed by atoms with Gasteiger partial charge in [0.25, 0.3) is 0 Å². The number of esters is 1. The van der Waals surface area contributed by atoms with E-state index in [4.69, 9.17) is 15.2 Å². The maximum Gasteiger partial charge on any atom is 0.306 e. The molecule has 84 valence electrons. The topological polar surface area (TPSA) is 61.5 Å². The number of methoxy groups -OCH3 is 1. The summed E-state index contributed by atoms with van der Waals surface area (Å²) >= 11 is 0. The van der Waals surface area contributed by atoms with Gasteiger partial charge in [-0.15, -0.1) is 0 Å². The Hall–Kier alpha value is -0.610. The maximum absolute atomic E-state index is 11.2. The van der Waals surface area contributed by atoms with Crippen LogP contribution in [0, 0.1) is 0 Å². The van der Waals surface area contributed by atoms with Gasteiger partial charge in [-0.2, -0.15) is 0 Å². The fourth-order valence-corrected chi connectivity index (χ4v) is 1.14. The summed E-state index contributed by atoms with van der Waals surface area (Å²) in [4.78, 5) is 11.2. The first kappa shape index (κ1) is 13.4. The normalized spacial score (nSPS) is 12.5. The van der Waals surface area contributed by atoms with E-state index >= 15 is 0 Å². The maximum atomic E-state index is 11.2. The SMILES string of the molecule is COCC(C)OC(=O)CCCCCN. The molecule has 0 radical (unpaired) electrons. The molecule has 0 saturated carbocycles. The molecule has 0 heterocycles. The summed E-state index contributed by atoms with van der Waals surface area (Å²) in [6.45, 7) is 2.96. The van der Waals surface area contributed by atoms with Gasteiger partial charge in [-0.25, -0.2) is 0 Å². The van der Waals surface area contributed by atoms with Crippen molar-refractivity contribution in [3.05, 3.63) is 0 Å². The first-order valence-corrected chi connectivity index (χ1v) is 5.09. The number of carbonyl (C=O) groups is 1. The molecule has 0 spiro atoms. The standard InChI is InChI=1S/C10H21NO3/c1-9(8-13-2)14-10(12)6-4-3-5-7-11/h9H,3-8,11H2,1-2H3. The smallest absolute Gasteiger partial charge is 0.306 e. The molecule has 0 aliphatic heterocycles. The van der Waals surface area contributed by atoms with Gasteiger partial charge in [-0.1, -0.05) is 6.42 Å². The number of rotatable bonds is 8. The van der Waals surface area contributed by atoms with Crippen LogP contribution in [0.4, 0.5) is 0 Å². The van der Waals surface area contributed by atoms with E-state index in [2.05, 4.69) is 0 Å². The second kappa shape index (κ2) is 8.97. The van der Waals surface area contributed by atoms with Crippen molar-refractivity contribution in [2.75, 3.05) is 20.3 Å². The highest BCUT2D eigenvalue weighted by Crippen LogP contribution is 2.02. The molecule has 2 N–H and O–H groups in total. The summed E-state index contributed by atoms with van der Waals surface area (Å²) in [6.07, 6.45) is 3.15. The summed E-state index contributed by atoms with van der Waals surface area (Å²) in [6, 6.07) is 0. The van der Waals surface area contributed by atoms with E-state index in [-0.39, 0.29) is 12.1 Å². The number of nitrogens with two attached hydrogens (primary N) is 1. The molecule has 0 bridgehead atoms. The van der Waals surface area contributed by atoms with E-state index in [1.807, 2.05) is 6.92 Å². The monoisotopic (exact) mass is 203 g/mol. The van der Waals surface area contributed by atoms with Crippen molar-refractivity contribution in [1.29, 1.82) is 0 Å². The quantitative estimate of drug-likeness (QED) is 0.473. The van der Waals surface area contributed by atoms with E-state index in [9.17, 15) is 4.79 Å². The molecule has 14 heavy (non-hydrogen) atoms. The zero-order valence-corrected chi connectivity index (χ0v) is 9.12. The lowest BCUT2D eigenvalue weighted by Gasteiger charge is -2.11. The van der Waals surface area contributed by atoms with E-state index in [1.54, 1.807) is 7.11 Å². The third-order valence-electron chi connectivity index (χ3n) is 1.82. The highest BCUT2D eigenvalue weighted by molar-refractivity contribution is 5.69. The minimum Gasteiger partial charge on any atom is -0.460 e. The Morgan fingerprint density at radius 2 is 2.07 bits per heavy atom. The zero-order chi connectivity index (χ0) is 10.8. The van der Waals surface area contributed by atoms with E-state index in [0.29, 0.717) is 19.6 Å². The molecule has 0 aliphatic rings. The highest BCUT2D eigenvalue weighted by atomic mass is 16.6. The summed E-state index contributed by atoms with van der Waals surface area (Å²) < 4.78 is 9.93. The summed E-state index contributed by atoms with van der Waals surface area (Å²) in [5.41, 5.74) is 5.33. The zero-order valence-electron chi connectivity index (χ0n) is 9.12. The molecule has 0 fully saturated rings. The fraction of sp³-hybridized carbons (Fsp3) is 0.900. The van der Waals surface area contributed by atoms with Crippen LogP contribution in [0.2, 0.25) is 0 Å². The van der Waals surface area contributed by atoms with Crippen LogP contribution in [0.5, 0.6) is 0 Å². The van der Waals surface area contributed by atoms with Gasteiger partial charge < -0.3 is 15.2 Å². The van der Waals surface area contributed by atoms with Crippen molar-refractivity contribution in [2.24, 2.45) is 5.73 Å². The molecule has 0 saturated heterocycles. The van der Waals surface area contributed by atoms with Gasteiger partial charge in [0.2, 0.25) is 0 Å². The lowest BCUT2D eigenvalue weighted by Crippen LogP contribution is -2.19. The Bertz CT molecular complexity index is 150. The van der Waals surface area contributed by atoms with Gasteiger partial charge in [0.1, 0.15) is 6.10 Å². The van der Waals surface area contributed by atoms with E-state index < -0.39 is 0 Å². The van der Waals surface area contributed by atoms with Gasteiger partial charge in [0.05, 0.1) is 6.61 Å². The highest BCUT2D eigenvalue weighted by Gasteiger charge is 2.08. The van der Waals surface area contributed by atoms with Crippen LogP contribution in [0.15, 0.2) is 0 Å². The van der Waals surface area contributed by atoms with Crippen LogP contribution in [-0.4, -0.2) is 32.3 Å². The molecule has 0 aromatic carbocycles. The van der Waals surface area contributed by atoms with Crippen LogP contribution in [-0.2, 0) is 14.3 Å². The number of hydrogen-bond donors (Lipinski definition) is 1. The van der Waals surface area contributed by atoms with Gasteiger partial charge in [0, 0.05) is 13.5 Å². The van der Waals surface area contributed by atoms with Crippen molar-refractivity contribution in [3.8, 4) is 0 Å². The third-order valence-corrected chi connectivity index (χ3v) is 1.82. The first-order valence-electron chi connectivity index (χ1n) is 5.09. The minimum absolute atomic E-state index is 0.147. The largest absolute Gasteiger partial charge is 0.460 e. The second-order valence-electron chi connectivity index (χ2n) is 3.36. The average molecular weight is 203 g/mol. The fourth-order valence-electron chi connectivity index (χ4n) is 1.14. The Kier molecular flexibility index (Phi) is 8.57. The number of hydrogen-bond acceptors (Lipinski definition) is 4. The van der Waals surface area contributed by atoms with Crippen LogP contribution in [0.1, 0.15) is 32.6 Å². The molecule has 0 amide bonds. The molecular weight excluding hydrogens is 182 g/mol. The summed E-state index contributed by atoms with van der Waals surface area (Å²) in [7, 11) is 1.59. The second-order valence-corrected chi connectivity index (χ2v) is 3.36. The number of carbonyl (C=O) groups excluding carboxylic acids is 1. The van der Waals surface area contributed by atoms with Gasteiger partial charge >= 0.3 is 5.97 Å².